The van der Waals surface area contributed by atoms with E-state index in [0.717, 1.165) is 4.90 Å². The van der Waals surface area contributed by atoms with Gasteiger partial charge in [0, 0.05) is 12.1 Å². The molecule has 0 saturated carbocycles. The highest BCUT2D eigenvalue weighted by molar-refractivity contribution is 6.11. The summed E-state index contributed by atoms with van der Waals surface area (Å²) in [6, 6.07) is 11.4. The molecule has 3 amide bonds. The minimum absolute atomic E-state index is 0.0642. The molecule has 2 unspecified atom stereocenters. The van der Waals surface area contributed by atoms with Crippen molar-refractivity contribution in [3.63, 3.8) is 0 Å². The molecule has 2 atom stereocenters. The number of ether oxygens (including phenoxy) is 2. The smallest absolute Gasteiger partial charge is 0.307 e. The Hall–Kier alpha value is -4.41. The molecular formula is C25H28N4O7. The van der Waals surface area contributed by atoms with E-state index in [1.165, 1.54) is 32.4 Å². The normalized spacial score (nSPS) is 15.7. The number of carbonyl (C=O) groups is 5. The lowest BCUT2D eigenvalue weighted by Gasteiger charge is -2.29. The van der Waals surface area contributed by atoms with E-state index in [1.54, 1.807) is 30.3 Å². The molecule has 1 aliphatic rings. The third kappa shape index (κ3) is 6.38. The maximum absolute atomic E-state index is 13.5. The molecule has 4 N–H and O–H groups in total. The van der Waals surface area contributed by atoms with Crippen LogP contribution in [0.1, 0.15) is 41.2 Å². The topological polar surface area (TPSA) is 157 Å². The fraction of sp³-hybridized carbons (Fsp3) is 0.320. The van der Waals surface area contributed by atoms with Gasteiger partial charge in [-0.05, 0) is 30.2 Å². The molecule has 0 spiro atoms. The number of nitrogen functional groups attached to an aromatic ring is 1. The van der Waals surface area contributed by atoms with Crippen LogP contribution in [0.3, 0.4) is 0 Å². The fourth-order valence-corrected chi connectivity index (χ4v) is 3.91. The van der Waals surface area contributed by atoms with Crippen molar-refractivity contribution in [2.45, 2.75) is 31.3 Å². The molecule has 1 heterocycles. The monoisotopic (exact) mass is 496 g/mol. The van der Waals surface area contributed by atoms with Crippen molar-refractivity contribution >= 4 is 41.0 Å². The first-order valence-corrected chi connectivity index (χ1v) is 11.2. The number of carbonyl (C=O) groups excluding carboxylic acids is 5. The van der Waals surface area contributed by atoms with E-state index in [0.29, 0.717) is 11.3 Å². The number of benzene rings is 2. The molecule has 1 aliphatic heterocycles. The SMILES string of the molecule is COC(=O)CCC1C(=O)Nc2ccc(N)cc2C(=O)N1CC(=O)NC(CC(=O)OC)c1ccccc1. The quantitative estimate of drug-likeness (QED) is 0.347. The number of fused-ring (bicyclic) bond motifs is 1. The molecule has 0 bridgehead atoms. The van der Waals surface area contributed by atoms with Gasteiger partial charge in [-0.2, -0.15) is 0 Å². The van der Waals surface area contributed by atoms with Gasteiger partial charge in [-0.3, -0.25) is 24.0 Å². The van der Waals surface area contributed by atoms with E-state index in [1.807, 2.05) is 0 Å². The lowest BCUT2D eigenvalue weighted by molar-refractivity contribution is -0.142. The minimum Gasteiger partial charge on any atom is -0.469 e. The van der Waals surface area contributed by atoms with Gasteiger partial charge in [0.2, 0.25) is 11.8 Å². The van der Waals surface area contributed by atoms with E-state index in [2.05, 4.69) is 15.4 Å². The Balaban J connectivity index is 1.89. The molecule has 0 radical (unpaired) electrons. The van der Waals surface area contributed by atoms with Crippen molar-refractivity contribution in [2.24, 2.45) is 0 Å². The van der Waals surface area contributed by atoms with Crippen LogP contribution in [0, 0.1) is 0 Å². The first kappa shape index (κ1) is 26.2. The largest absolute Gasteiger partial charge is 0.469 e. The Bertz CT molecular complexity index is 1150. The number of rotatable bonds is 9. The Morgan fingerprint density at radius 2 is 1.75 bits per heavy atom. The summed E-state index contributed by atoms with van der Waals surface area (Å²) in [5, 5.41) is 5.43. The Morgan fingerprint density at radius 3 is 2.42 bits per heavy atom. The molecule has 11 heteroatoms. The van der Waals surface area contributed by atoms with E-state index in [-0.39, 0.29) is 30.5 Å². The average Bonchev–Trinajstić information content (AvgIpc) is 2.96. The van der Waals surface area contributed by atoms with Crippen LogP contribution in [0.2, 0.25) is 0 Å². The standard InChI is InChI=1S/C25H28N4O7/c1-35-22(31)11-10-20-24(33)28-18-9-8-16(26)12-17(18)25(34)29(20)14-21(30)27-19(13-23(32)36-2)15-6-4-3-5-7-15/h3-9,12,19-20H,10-11,13-14,26H2,1-2H3,(H,27,30)(H,28,33). The summed E-state index contributed by atoms with van der Waals surface area (Å²) in [4.78, 5) is 64.5. The average molecular weight is 497 g/mol. The van der Waals surface area contributed by atoms with Gasteiger partial charge in [-0.25, -0.2) is 0 Å². The number of nitrogens with one attached hydrogen (secondary N) is 2. The second kappa shape index (κ2) is 11.8. The predicted octanol–water partition coefficient (Wildman–Crippen LogP) is 1.41. The number of nitrogens with two attached hydrogens (primary N) is 1. The first-order chi connectivity index (χ1) is 17.2. The molecule has 0 aliphatic carbocycles. The van der Waals surface area contributed by atoms with E-state index in [4.69, 9.17) is 10.5 Å². The molecule has 11 nitrogen and oxygen atoms in total. The molecule has 2 aromatic carbocycles. The summed E-state index contributed by atoms with van der Waals surface area (Å²) in [6.07, 6.45) is -0.343. The number of nitrogens with zero attached hydrogens (tertiary/aromatic N) is 1. The van der Waals surface area contributed by atoms with Crippen molar-refractivity contribution in [1.82, 2.24) is 10.2 Å². The van der Waals surface area contributed by atoms with Crippen molar-refractivity contribution in [3.05, 3.63) is 59.7 Å². The molecule has 3 rings (SSSR count). The van der Waals surface area contributed by atoms with Gasteiger partial charge >= 0.3 is 11.9 Å². The summed E-state index contributed by atoms with van der Waals surface area (Å²) in [7, 11) is 2.46. The number of esters is 2. The number of hydrogen-bond donors (Lipinski definition) is 3. The van der Waals surface area contributed by atoms with Gasteiger partial charge in [-0.15, -0.1) is 0 Å². The maximum atomic E-state index is 13.5. The van der Waals surface area contributed by atoms with Crippen molar-refractivity contribution in [3.8, 4) is 0 Å². The molecule has 0 aromatic heterocycles. The Labute approximate surface area is 207 Å². The van der Waals surface area contributed by atoms with Crippen LogP contribution in [0.4, 0.5) is 11.4 Å². The van der Waals surface area contributed by atoms with Crippen molar-refractivity contribution in [1.29, 1.82) is 0 Å². The highest BCUT2D eigenvalue weighted by Crippen LogP contribution is 2.27. The third-order valence-corrected chi connectivity index (χ3v) is 5.77. The maximum Gasteiger partial charge on any atom is 0.307 e. The number of hydrogen-bond acceptors (Lipinski definition) is 8. The van der Waals surface area contributed by atoms with Crippen LogP contribution in [0.25, 0.3) is 0 Å². The van der Waals surface area contributed by atoms with Crippen LogP contribution in [0.5, 0.6) is 0 Å². The summed E-state index contributed by atoms with van der Waals surface area (Å²) >= 11 is 0. The number of anilines is 2. The van der Waals surface area contributed by atoms with Crippen molar-refractivity contribution in [2.75, 3.05) is 31.8 Å². The molecule has 2 aromatic rings. The zero-order valence-electron chi connectivity index (χ0n) is 20.0. The summed E-state index contributed by atoms with van der Waals surface area (Å²) in [6.45, 7) is -0.503. The summed E-state index contributed by atoms with van der Waals surface area (Å²) < 4.78 is 9.41. The summed E-state index contributed by atoms with van der Waals surface area (Å²) in [5.41, 5.74) is 7.18. The van der Waals surface area contributed by atoms with Gasteiger partial charge in [0.15, 0.2) is 0 Å². The third-order valence-electron chi connectivity index (χ3n) is 5.77. The molecule has 36 heavy (non-hydrogen) atoms. The van der Waals surface area contributed by atoms with Gasteiger partial charge in [-0.1, -0.05) is 30.3 Å². The van der Waals surface area contributed by atoms with Gasteiger partial charge < -0.3 is 30.7 Å². The van der Waals surface area contributed by atoms with E-state index < -0.39 is 48.3 Å². The summed E-state index contributed by atoms with van der Waals surface area (Å²) in [5.74, 6) is -2.87. The fourth-order valence-electron chi connectivity index (χ4n) is 3.91. The van der Waals surface area contributed by atoms with Crippen LogP contribution in [-0.2, 0) is 28.7 Å². The highest BCUT2D eigenvalue weighted by atomic mass is 16.5. The first-order valence-electron chi connectivity index (χ1n) is 11.2. The van der Waals surface area contributed by atoms with E-state index >= 15 is 0 Å². The zero-order valence-corrected chi connectivity index (χ0v) is 20.0. The van der Waals surface area contributed by atoms with Crippen LogP contribution >= 0.6 is 0 Å². The lowest BCUT2D eigenvalue weighted by atomic mass is 10.0. The highest BCUT2D eigenvalue weighted by Gasteiger charge is 2.37. The molecule has 190 valence electrons. The van der Waals surface area contributed by atoms with Gasteiger partial charge in [0.05, 0.1) is 37.9 Å². The zero-order chi connectivity index (χ0) is 26.2. The van der Waals surface area contributed by atoms with Gasteiger partial charge in [0.1, 0.15) is 12.6 Å². The second-order valence-corrected chi connectivity index (χ2v) is 8.17. The van der Waals surface area contributed by atoms with Crippen LogP contribution in [0.15, 0.2) is 48.5 Å². The molecule has 0 fully saturated rings. The predicted molar refractivity (Wildman–Crippen MR) is 130 cm³/mol. The second-order valence-electron chi connectivity index (χ2n) is 8.17. The van der Waals surface area contributed by atoms with Crippen molar-refractivity contribution < 1.29 is 33.4 Å². The minimum atomic E-state index is -1.13. The number of amides is 3. The van der Waals surface area contributed by atoms with Crippen LogP contribution in [-0.4, -0.2) is 61.4 Å². The Morgan fingerprint density at radius 1 is 1.06 bits per heavy atom. The molecule has 0 saturated heterocycles. The molecular weight excluding hydrogens is 468 g/mol. The van der Waals surface area contributed by atoms with Crippen LogP contribution < -0.4 is 16.4 Å². The lowest BCUT2D eigenvalue weighted by Crippen LogP contribution is -2.50. The van der Waals surface area contributed by atoms with Gasteiger partial charge in [0.25, 0.3) is 5.91 Å². The van der Waals surface area contributed by atoms with E-state index in [9.17, 15) is 24.0 Å². The Kier molecular flexibility index (Phi) is 8.61. The number of methoxy groups -OCH3 is 2.